The van der Waals surface area contributed by atoms with Gasteiger partial charge in [0.2, 0.25) is 0 Å². The van der Waals surface area contributed by atoms with E-state index in [4.69, 9.17) is 4.74 Å². The van der Waals surface area contributed by atoms with Gasteiger partial charge in [0.05, 0.1) is 12.2 Å². The third kappa shape index (κ3) is 4.17. The molecule has 2 rings (SSSR count). The summed E-state index contributed by atoms with van der Waals surface area (Å²) in [4.78, 5) is 17.9. The Bertz CT molecular complexity index is 496. The summed E-state index contributed by atoms with van der Waals surface area (Å²) in [7, 11) is 1.96. The molecule has 5 nitrogen and oxygen atoms in total. The Balaban J connectivity index is 2.18. The van der Waals surface area contributed by atoms with E-state index < -0.39 is 5.97 Å². The van der Waals surface area contributed by atoms with E-state index in [0.717, 1.165) is 44.1 Å². The van der Waals surface area contributed by atoms with Crippen LogP contribution in [0.4, 0.5) is 5.82 Å². The average molecular weight is 292 g/mol. The SMILES string of the molecule is CC(C)c1cc(C(=O)O)cc(N(C)CC2CCCOC2)n1. The van der Waals surface area contributed by atoms with Crippen LogP contribution in [0.3, 0.4) is 0 Å². The molecule has 1 atom stereocenters. The molecule has 0 radical (unpaired) electrons. The minimum Gasteiger partial charge on any atom is -0.478 e. The summed E-state index contributed by atoms with van der Waals surface area (Å²) in [6, 6.07) is 3.31. The molecule has 1 aromatic heterocycles. The van der Waals surface area contributed by atoms with Crippen molar-refractivity contribution in [2.24, 2.45) is 5.92 Å². The van der Waals surface area contributed by atoms with Crippen LogP contribution in [0.25, 0.3) is 0 Å². The van der Waals surface area contributed by atoms with Crippen LogP contribution in [0, 0.1) is 5.92 Å². The summed E-state index contributed by atoms with van der Waals surface area (Å²) < 4.78 is 5.50. The van der Waals surface area contributed by atoms with Gasteiger partial charge in [0.25, 0.3) is 0 Å². The second-order valence-corrected chi connectivity index (χ2v) is 6.06. The maximum absolute atomic E-state index is 11.3. The fraction of sp³-hybridized carbons (Fsp3) is 0.625. The monoisotopic (exact) mass is 292 g/mol. The zero-order chi connectivity index (χ0) is 15.4. The molecular formula is C16H24N2O3. The summed E-state index contributed by atoms with van der Waals surface area (Å²) in [5.74, 6) is 0.509. The van der Waals surface area contributed by atoms with Crippen LogP contribution in [0.2, 0.25) is 0 Å². The molecule has 1 saturated heterocycles. The first-order valence-electron chi connectivity index (χ1n) is 7.51. The van der Waals surface area contributed by atoms with Gasteiger partial charge in [-0.3, -0.25) is 0 Å². The van der Waals surface area contributed by atoms with E-state index >= 15 is 0 Å². The van der Waals surface area contributed by atoms with Gasteiger partial charge in [-0.25, -0.2) is 9.78 Å². The molecule has 1 aromatic rings. The standard InChI is InChI=1S/C16H24N2O3/c1-11(2)14-7-13(16(19)20)8-15(17-14)18(3)9-12-5-4-6-21-10-12/h7-8,11-12H,4-6,9-10H2,1-3H3,(H,19,20). The summed E-state index contributed by atoms with van der Waals surface area (Å²) in [6.45, 7) is 6.51. The molecule has 0 amide bonds. The first-order chi connectivity index (χ1) is 9.97. The molecule has 1 fully saturated rings. The first-order valence-corrected chi connectivity index (χ1v) is 7.51. The van der Waals surface area contributed by atoms with Crippen LogP contribution in [-0.4, -0.2) is 42.9 Å². The third-order valence-electron chi connectivity index (χ3n) is 3.85. The summed E-state index contributed by atoms with van der Waals surface area (Å²) >= 11 is 0. The summed E-state index contributed by atoms with van der Waals surface area (Å²) in [5, 5.41) is 9.25. The molecule has 1 aliphatic rings. The van der Waals surface area contributed by atoms with Crippen LogP contribution < -0.4 is 4.90 Å². The molecule has 2 heterocycles. The van der Waals surface area contributed by atoms with Crippen molar-refractivity contribution < 1.29 is 14.6 Å². The quantitative estimate of drug-likeness (QED) is 0.904. The number of pyridine rings is 1. The number of anilines is 1. The Morgan fingerprint density at radius 1 is 1.52 bits per heavy atom. The maximum atomic E-state index is 11.3. The number of ether oxygens (including phenoxy) is 1. The number of hydrogen-bond acceptors (Lipinski definition) is 4. The molecule has 0 aromatic carbocycles. The molecule has 21 heavy (non-hydrogen) atoms. The predicted octanol–water partition coefficient (Wildman–Crippen LogP) is 2.77. The molecule has 0 saturated carbocycles. The Kier molecular flexibility index (Phi) is 5.17. The smallest absolute Gasteiger partial charge is 0.335 e. The van der Waals surface area contributed by atoms with E-state index in [1.54, 1.807) is 12.1 Å². The van der Waals surface area contributed by atoms with Crippen molar-refractivity contribution in [3.63, 3.8) is 0 Å². The van der Waals surface area contributed by atoms with Gasteiger partial charge >= 0.3 is 5.97 Å². The number of nitrogens with zero attached hydrogens (tertiary/aromatic N) is 2. The predicted molar refractivity (Wildman–Crippen MR) is 82.1 cm³/mol. The van der Waals surface area contributed by atoms with Crippen LogP contribution in [0.1, 0.15) is 48.7 Å². The molecule has 0 spiro atoms. The van der Waals surface area contributed by atoms with Gasteiger partial charge in [0, 0.05) is 25.9 Å². The number of hydrogen-bond donors (Lipinski definition) is 1. The molecule has 5 heteroatoms. The van der Waals surface area contributed by atoms with E-state index in [1.807, 2.05) is 25.8 Å². The van der Waals surface area contributed by atoms with E-state index in [-0.39, 0.29) is 5.92 Å². The highest BCUT2D eigenvalue weighted by molar-refractivity contribution is 5.88. The normalized spacial score (nSPS) is 18.8. The minimum atomic E-state index is -0.907. The Morgan fingerprint density at radius 3 is 2.86 bits per heavy atom. The van der Waals surface area contributed by atoms with Crippen molar-refractivity contribution in [3.05, 3.63) is 23.4 Å². The van der Waals surface area contributed by atoms with Crippen molar-refractivity contribution in [1.29, 1.82) is 0 Å². The highest BCUT2D eigenvalue weighted by atomic mass is 16.5. The maximum Gasteiger partial charge on any atom is 0.335 e. The summed E-state index contributed by atoms with van der Waals surface area (Å²) in [5.41, 5.74) is 1.12. The highest BCUT2D eigenvalue weighted by Crippen LogP contribution is 2.22. The molecule has 116 valence electrons. The van der Waals surface area contributed by atoms with Crippen molar-refractivity contribution in [1.82, 2.24) is 4.98 Å². The van der Waals surface area contributed by atoms with Crippen LogP contribution in [-0.2, 0) is 4.74 Å². The molecule has 1 N–H and O–H groups in total. The Hall–Kier alpha value is -1.62. The van der Waals surface area contributed by atoms with Crippen molar-refractivity contribution in [3.8, 4) is 0 Å². The third-order valence-corrected chi connectivity index (χ3v) is 3.85. The second kappa shape index (κ2) is 6.89. The van der Waals surface area contributed by atoms with Gasteiger partial charge in [0.1, 0.15) is 5.82 Å². The van der Waals surface area contributed by atoms with E-state index in [0.29, 0.717) is 11.5 Å². The molecular weight excluding hydrogens is 268 g/mol. The lowest BCUT2D eigenvalue weighted by Crippen LogP contribution is -2.31. The number of aromatic carboxylic acids is 1. The second-order valence-electron chi connectivity index (χ2n) is 6.06. The number of carboxylic acid groups (broad SMARTS) is 1. The van der Waals surface area contributed by atoms with E-state index in [1.165, 1.54) is 0 Å². The van der Waals surface area contributed by atoms with Gasteiger partial charge in [-0.15, -0.1) is 0 Å². The molecule has 1 aliphatic heterocycles. The van der Waals surface area contributed by atoms with Crippen molar-refractivity contribution in [2.75, 3.05) is 31.7 Å². The molecule has 0 aliphatic carbocycles. The number of carboxylic acids is 1. The van der Waals surface area contributed by atoms with Crippen LogP contribution in [0.15, 0.2) is 12.1 Å². The molecule has 0 bridgehead atoms. The van der Waals surface area contributed by atoms with Gasteiger partial charge in [-0.1, -0.05) is 13.8 Å². The van der Waals surface area contributed by atoms with Gasteiger partial charge in [0.15, 0.2) is 0 Å². The van der Waals surface area contributed by atoms with E-state index in [2.05, 4.69) is 4.98 Å². The minimum absolute atomic E-state index is 0.203. The molecule has 1 unspecified atom stereocenters. The van der Waals surface area contributed by atoms with Crippen molar-refractivity contribution >= 4 is 11.8 Å². The van der Waals surface area contributed by atoms with Gasteiger partial charge < -0.3 is 14.7 Å². The van der Waals surface area contributed by atoms with Gasteiger partial charge in [-0.05, 0) is 36.8 Å². The van der Waals surface area contributed by atoms with Crippen LogP contribution >= 0.6 is 0 Å². The van der Waals surface area contributed by atoms with E-state index in [9.17, 15) is 9.90 Å². The zero-order valence-corrected chi connectivity index (χ0v) is 13.0. The summed E-state index contributed by atoms with van der Waals surface area (Å²) in [6.07, 6.45) is 2.25. The fourth-order valence-corrected chi connectivity index (χ4v) is 2.58. The van der Waals surface area contributed by atoms with Crippen LogP contribution in [0.5, 0.6) is 0 Å². The zero-order valence-electron chi connectivity index (χ0n) is 13.0. The Labute approximate surface area is 125 Å². The first kappa shape index (κ1) is 15.8. The topological polar surface area (TPSA) is 62.7 Å². The fourth-order valence-electron chi connectivity index (χ4n) is 2.58. The lowest BCUT2D eigenvalue weighted by atomic mass is 10.0. The number of rotatable bonds is 5. The largest absolute Gasteiger partial charge is 0.478 e. The Morgan fingerprint density at radius 2 is 2.29 bits per heavy atom. The lowest BCUT2D eigenvalue weighted by molar-refractivity contribution is 0.0576. The average Bonchev–Trinajstić information content (AvgIpc) is 2.47. The number of aromatic nitrogens is 1. The van der Waals surface area contributed by atoms with Crippen molar-refractivity contribution in [2.45, 2.75) is 32.6 Å². The lowest BCUT2D eigenvalue weighted by Gasteiger charge is -2.28. The van der Waals surface area contributed by atoms with Gasteiger partial charge in [-0.2, -0.15) is 0 Å². The highest BCUT2D eigenvalue weighted by Gasteiger charge is 2.18. The number of carbonyl (C=O) groups is 1.